The number of nitrogens with zero attached hydrogens (tertiary/aromatic N) is 3. The van der Waals surface area contributed by atoms with Gasteiger partial charge in [-0.3, -0.25) is 67.1 Å². The monoisotopic (exact) mass is 1280 g/mol. The molecule has 0 bridgehead atoms. The van der Waals surface area contributed by atoms with Gasteiger partial charge in [-0.1, -0.05) is 26.0 Å². The minimum absolute atomic E-state index is 0.00593. The van der Waals surface area contributed by atoms with E-state index in [-0.39, 0.29) is 55.5 Å². The summed E-state index contributed by atoms with van der Waals surface area (Å²) in [7, 11) is 0. The van der Waals surface area contributed by atoms with E-state index in [1.54, 1.807) is 18.7 Å². The highest BCUT2D eigenvalue weighted by atomic mass is 16.4. The molecule has 498 valence electrons. The number of nitrogens with two attached hydrogens (primary N) is 2. The molecule has 0 saturated carbocycles. The van der Waals surface area contributed by atoms with E-state index in [2.05, 4.69) is 63.1 Å². The number of carboxylic acids is 2. The number of amides is 13. The van der Waals surface area contributed by atoms with Gasteiger partial charge in [-0.05, 0) is 95.4 Å². The number of carbonyl (C=O) groups is 15. The van der Waals surface area contributed by atoms with Crippen molar-refractivity contribution >= 4 is 88.7 Å². The third-order valence-corrected chi connectivity index (χ3v) is 15.3. The second-order valence-electron chi connectivity index (χ2n) is 23.0. The first-order chi connectivity index (χ1) is 43.0. The van der Waals surface area contributed by atoms with E-state index in [1.165, 1.54) is 48.6 Å². The molecule has 11 atom stereocenters. The summed E-state index contributed by atoms with van der Waals surface area (Å²) in [6.45, 7) is 6.17. The van der Waals surface area contributed by atoms with Crippen molar-refractivity contribution in [1.82, 2.24) is 72.9 Å². The van der Waals surface area contributed by atoms with Gasteiger partial charge in [0.05, 0.1) is 31.8 Å². The average Bonchev–Trinajstić information content (AvgIpc) is 1.83. The molecule has 13 amide bonds. The second-order valence-corrected chi connectivity index (χ2v) is 23.0. The summed E-state index contributed by atoms with van der Waals surface area (Å²) >= 11 is 0. The summed E-state index contributed by atoms with van der Waals surface area (Å²) in [6.07, 6.45) is 2.37. The van der Waals surface area contributed by atoms with Gasteiger partial charge in [-0.25, -0.2) is 9.78 Å². The van der Waals surface area contributed by atoms with Crippen molar-refractivity contribution in [3.8, 4) is 5.75 Å². The number of hydrogen-bond acceptors (Lipinski definition) is 18. The van der Waals surface area contributed by atoms with Crippen LogP contribution >= 0.6 is 0 Å². The van der Waals surface area contributed by atoms with Gasteiger partial charge >= 0.3 is 11.9 Å². The molecule has 91 heavy (non-hydrogen) atoms. The SMILES string of the molecule is CC(C)C[C@H](NC(=O)[C@H](CCC(N)=O)NC(=O)[C@H](CC(N)=O)NC(=O)[C@H](C)NC(=O)CNC(=O)[C@H](Cc1cnc[nH]1)NC(=O)[C@H](CC(=O)O)NC(=O)[C@H](C)NC(=O)[C@H](Cc1ccc(O)cc1)NC(=O)[C@@H]1CCCN1C(=O)[C@@H]1CCCN1C(=O)[C@@H]1CCCN1)C(=O)O. The van der Waals surface area contributed by atoms with Gasteiger partial charge < -0.3 is 94.7 Å². The van der Waals surface area contributed by atoms with Crippen molar-refractivity contribution in [2.75, 3.05) is 26.2 Å². The van der Waals surface area contributed by atoms with Gasteiger partial charge in [-0.15, -0.1) is 0 Å². The Balaban J connectivity index is 1.21. The van der Waals surface area contributed by atoms with Gasteiger partial charge in [0.1, 0.15) is 66.2 Å². The number of imidazole rings is 1. The lowest BCUT2D eigenvalue weighted by Crippen LogP contribution is -2.60. The van der Waals surface area contributed by atoms with Crippen LogP contribution in [-0.4, -0.2) is 216 Å². The number of nitrogens with one attached hydrogen (secondary N) is 11. The summed E-state index contributed by atoms with van der Waals surface area (Å²) < 4.78 is 0. The molecule has 3 fully saturated rings. The Morgan fingerprint density at radius 3 is 1.70 bits per heavy atom. The van der Waals surface area contributed by atoms with Crippen molar-refractivity contribution in [3.63, 3.8) is 0 Å². The number of carboxylic acid groups (broad SMARTS) is 2. The molecule has 4 heterocycles. The molecule has 5 rings (SSSR count). The van der Waals surface area contributed by atoms with Crippen molar-refractivity contribution in [1.29, 1.82) is 0 Å². The molecular formula is C57H82N16O18. The van der Waals surface area contributed by atoms with E-state index in [0.29, 0.717) is 44.3 Å². The van der Waals surface area contributed by atoms with Crippen LogP contribution in [0, 0.1) is 5.92 Å². The van der Waals surface area contributed by atoms with Crippen LogP contribution in [0.5, 0.6) is 5.75 Å². The number of aromatic amines is 1. The van der Waals surface area contributed by atoms with Crippen LogP contribution in [-0.2, 0) is 84.8 Å². The normalized spacial score (nSPS) is 18.7. The number of benzene rings is 1. The number of H-pyrrole nitrogens is 1. The first kappa shape index (κ1) is 72.0. The third kappa shape index (κ3) is 22.4. The van der Waals surface area contributed by atoms with Gasteiger partial charge in [0, 0.05) is 44.2 Å². The van der Waals surface area contributed by atoms with E-state index in [4.69, 9.17) is 11.5 Å². The minimum atomic E-state index is -1.92. The van der Waals surface area contributed by atoms with Gasteiger partial charge in [0.2, 0.25) is 76.8 Å². The van der Waals surface area contributed by atoms with Crippen molar-refractivity contribution in [2.24, 2.45) is 17.4 Å². The molecule has 1 aromatic carbocycles. The van der Waals surface area contributed by atoms with Crippen molar-refractivity contribution in [2.45, 2.75) is 178 Å². The highest BCUT2D eigenvalue weighted by Gasteiger charge is 2.45. The molecule has 0 unspecified atom stereocenters. The quantitative estimate of drug-likeness (QED) is 0.0311. The second kappa shape index (κ2) is 34.3. The molecule has 18 N–H and O–H groups in total. The summed E-state index contributed by atoms with van der Waals surface area (Å²) in [6, 6.07) is -9.27. The van der Waals surface area contributed by atoms with Crippen LogP contribution in [0.4, 0.5) is 0 Å². The molecule has 0 radical (unpaired) electrons. The molecule has 3 aliphatic rings. The van der Waals surface area contributed by atoms with Crippen LogP contribution in [0.15, 0.2) is 36.8 Å². The topological polar surface area (TPSA) is 524 Å². The summed E-state index contributed by atoms with van der Waals surface area (Å²) in [4.78, 5) is 208. The molecule has 0 aliphatic carbocycles. The highest BCUT2D eigenvalue weighted by molar-refractivity contribution is 6.00. The van der Waals surface area contributed by atoms with Crippen LogP contribution in [0.3, 0.4) is 0 Å². The van der Waals surface area contributed by atoms with E-state index in [0.717, 1.165) is 13.3 Å². The van der Waals surface area contributed by atoms with E-state index in [9.17, 15) is 87.2 Å². The number of carbonyl (C=O) groups excluding carboxylic acids is 13. The Hall–Kier alpha value is -9.76. The maximum Gasteiger partial charge on any atom is 0.326 e. The minimum Gasteiger partial charge on any atom is -0.508 e. The van der Waals surface area contributed by atoms with Gasteiger partial charge in [-0.2, -0.15) is 0 Å². The molecule has 1 aromatic heterocycles. The van der Waals surface area contributed by atoms with Gasteiger partial charge in [0.25, 0.3) is 0 Å². The Labute approximate surface area is 522 Å². The summed E-state index contributed by atoms with van der Waals surface area (Å²) in [5.41, 5.74) is 11.3. The standard InChI is InChI=1S/C57H82N16O18/c1-28(2)20-40(57(90)91)71-50(83)34(15-16-43(58)75)66-52(85)38(23-44(59)76)67-47(80)29(3)64-45(77)26-62-49(82)37(22-32-25-60-27-63-32)69-53(86)39(24-46(78)79)68-48(81)30(4)65-51(84)36(21-31-11-13-33(74)14-12-31)70-54(87)41-9-6-18-72(41)56(89)42-10-7-19-73(42)55(88)35-8-5-17-61-35/h11-14,25,27-30,34-42,61,74H,5-10,15-24,26H2,1-4H3,(H2,58,75)(H2,59,76)(H,60,63)(H,62,82)(H,64,77)(H,65,84)(H,66,85)(H,67,80)(H,68,81)(H,69,86)(H,70,87)(H,71,83)(H,78,79)(H,90,91)/t29-,30-,34-,35-,36-,37-,38-,39-,40-,41-,42-/m0/s1. The number of likely N-dealkylation sites (tertiary alicyclic amines) is 2. The largest absolute Gasteiger partial charge is 0.508 e. The first-order valence-electron chi connectivity index (χ1n) is 29.8. The first-order valence-corrected chi connectivity index (χ1v) is 29.8. The Kier molecular flexibility index (Phi) is 27.1. The number of aromatic nitrogens is 2. The number of primary amides is 2. The van der Waals surface area contributed by atoms with Crippen LogP contribution in [0.2, 0.25) is 0 Å². The van der Waals surface area contributed by atoms with E-state index in [1.807, 2.05) is 0 Å². The summed E-state index contributed by atoms with van der Waals surface area (Å²) in [5, 5.41) is 53.7. The number of rotatable bonds is 34. The maximum atomic E-state index is 14.2. The lowest BCUT2D eigenvalue weighted by molar-refractivity contribution is -0.147. The molecule has 3 aliphatic heterocycles. The van der Waals surface area contributed by atoms with Crippen LogP contribution in [0.1, 0.15) is 110 Å². The van der Waals surface area contributed by atoms with Crippen LogP contribution in [0.25, 0.3) is 0 Å². The van der Waals surface area contributed by atoms with Crippen LogP contribution < -0.4 is 64.6 Å². The third-order valence-electron chi connectivity index (χ3n) is 15.3. The molecule has 3 saturated heterocycles. The van der Waals surface area contributed by atoms with Crippen molar-refractivity contribution in [3.05, 3.63) is 48.0 Å². The summed E-state index contributed by atoms with van der Waals surface area (Å²) in [5.74, 6) is -15.1. The van der Waals surface area contributed by atoms with E-state index < -0.39 is 182 Å². The highest BCUT2D eigenvalue weighted by Crippen LogP contribution is 2.27. The zero-order chi connectivity index (χ0) is 67.2. The lowest BCUT2D eigenvalue weighted by atomic mass is 10.0. The Bertz CT molecular complexity index is 2990. The predicted octanol–water partition coefficient (Wildman–Crippen LogP) is -5.58. The average molecular weight is 1280 g/mol. The Morgan fingerprint density at radius 2 is 1.14 bits per heavy atom. The number of phenolic OH excluding ortho intramolecular Hbond substituents is 1. The Morgan fingerprint density at radius 1 is 0.593 bits per heavy atom. The zero-order valence-electron chi connectivity index (χ0n) is 50.9. The fourth-order valence-electron chi connectivity index (χ4n) is 10.5. The van der Waals surface area contributed by atoms with E-state index >= 15 is 0 Å². The molecule has 2 aromatic rings. The molecular weight excluding hydrogens is 1200 g/mol. The fraction of sp³-hybridized carbons (Fsp3) is 0.579. The van der Waals surface area contributed by atoms with Crippen molar-refractivity contribution < 1.29 is 87.2 Å². The fourth-order valence-corrected chi connectivity index (χ4v) is 10.5. The zero-order valence-corrected chi connectivity index (χ0v) is 50.9. The van der Waals surface area contributed by atoms with Gasteiger partial charge in [0.15, 0.2) is 0 Å². The molecule has 0 spiro atoms. The number of phenols is 1. The molecule has 34 heteroatoms. The number of hydrogen-bond donors (Lipinski definition) is 16. The smallest absolute Gasteiger partial charge is 0.326 e. The number of aromatic hydroxyl groups is 1. The predicted molar refractivity (Wildman–Crippen MR) is 316 cm³/mol. The molecule has 34 nitrogen and oxygen atoms in total. The maximum absolute atomic E-state index is 14.2. The number of aliphatic carboxylic acids is 2. The lowest BCUT2D eigenvalue weighted by Gasteiger charge is -2.32.